The minimum atomic E-state index is -1.44. The van der Waals surface area contributed by atoms with Crippen LogP contribution in [0.5, 0.6) is 5.75 Å². The summed E-state index contributed by atoms with van der Waals surface area (Å²) < 4.78 is 6.26. The highest BCUT2D eigenvalue weighted by atomic mass is 35.5. The van der Waals surface area contributed by atoms with E-state index < -0.39 is 23.7 Å². The van der Waals surface area contributed by atoms with Crippen LogP contribution in [0.3, 0.4) is 0 Å². The lowest BCUT2D eigenvalue weighted by Crippen LogP contribution is -2.55. The summed E-state index contributed by atoms with van der Waals surface area (Å²) in [5.74, 6) is 1.48. The Balaban J connectivity index is 0.813. The molecule has 5 heterocycles. The maximum Gasteiger partial charge on any atom is 0.255 e. The minimum Gasteiger partial charge on any atom is -0.490 e. The molecule has 3 saturated heterocycles. The van der Waals surface area contributed by atoms with Crippen LogP contribution in [0.2, 0.25) is 5.02 Å². The number of halogens is 1. The molecule has 3 amide bonds. The Morgan fingerprint density at radius 3 is 2.51 bits per heavy atom. The summed E-state index contributed by atoms with van der Waals surface area (Å²) >= 11 is 6.23. The number of fused-ring (bicyclic) bond motifs is 1. The third-order valence-corrected chi connectivity index (χ3v) is 13.0. The number of rotatable bonds is 8. The summed E-state index contributed by atoms with van der Waals surface area (Å²) in [6.45, 7) is 4.97. The van der Waals surface area contributed by atoms with Crippen LogP contribution in [-0.4, -0.2) is 111 Å². The Morgan fingerprint density at radius 2 is 1.78 bits per heavy atom. The maximum absolute atomic E-state index is 13.2. The van der Waals surface area contributed by atoms with Crippen molar-refractivity contribution < 1.29 is 29.3 Å². The van der Waals surface area contributed by atoms with E-state index in [4.69, 9.17) is 16.3 Å². The van der Waals surface area contributed by atoms with E-state index in [1.807, 2.05) is 6.07 Å². The van der Waals surface area contributed by atoms with Gasteiger partial charge in [-0.05, 0) is 92.7 Å². The number of imide groups is 1. The lowest BCUT2D eigenvalue weighted by Gasteiger charge is -2.47. The average Bonchev–Trinajstić information content (AvgIpc) is 3.52. The van der Waals surface area contributed by atoms with E-state index in [1.165, 1.54) is 10.7 Å². The zero-order valence-corrected chi connectivity index (χ0v) is 31.8. The number of carbonyl (C=O) groups is 3. The molecule has 4 fully saturated rings. The third kappa shape index (κ3) is 7.60. The van der Waals surface area contributed by atoms with Gasteiger partial charge < -0.3 is 34.5 Å². The van der Waals surface area contributed by atoms with Crippen molar-refractivity contribution in [1.29, 1.82) is 5.26 Å². The van der Waals surface area contributed by atoms with Gasteiger partial charge in [-0.15, -0.1) is 0 Å². The number of benzene rings is 2. The first-order valence-corrected chi connectivity index (χ1v) is 20.1. The molecule has 5 aliphatic heterocycles. The molecule has 12 nitrogen and oxygen atoms in total. The van der Waals surface area contributed by atoms with Gasteiger partial charge in [-0.1, -0.05) is 35.9 Å². The second kappa shape index (κ2) is 15.6. The molecular formula is C42H49ClN6O6. The molecule has 2 aromatic carbocycles. The molecule has 0 radical (unpaired) electrons. The van der Waals surface area contributed by atoms with Crippen LogP contribution < -0.4 is 10.1 Å². The number of nitrogens with zero attached hydrogens (tertiary/aromatic N) is 5. The van der Waals surface area contributed by atoms with Crippen molar-refractivity contribution in [2.24, 2.45) is 5.92 Å². The van der Waals surface area contributed by atoms with E-state index in [9.17, 15) is 29.9 Å². The van der Waals surface area contributed by atoms with Crippen LogP contribution in [0.15, 0.2) is 60.4 Å². The van der Waals surface area contributed by atoms with E-state index in [0.29, 0.717) is 65.4 Å². The molecule has 0 bridgehead atoms. The predicted molar refractivity (Wildman–Crippen MR) is 205 cm³/mol. The molecule has 0 aromatic heterocycles. The van der Waals surface area contributed by atoms with Gasteiger partial charge in [0.1, 0.15) is 29.3 Å². The summed E-state index contributed by atoms with van der Waals surface area (Å²) in [5, 5.41) is 35.1. The number of allylic oxidation sites excluding steroid dienone is 2. The Hall–Kier alpha value is -4.41. The van der Waals surface area contributed by atoms with Crippen molar-refractivity contribution in [2.45, 2.75) is 94.2 Å². The Kier molecular flexibility index (Phi) is 10.6. The van der Waals surface area contributed by atoms with Crippen molar-refractivity contribution in [1.82, 2.24) is 24.9 Å². The fourth-order valence-corrected chi connectivity index (χ4v) is 9.72. The van der Waals surface area contributed by atoms with Crippen LogP contribution in [0.4, 0.5) is 0 Å². The number of nitrogens with one attached hydrogen (secondary N) is 1. The standard InChI is InChI=1S/C42H49ClN6O6/c43-35-22-33(8-4-28(35)23-44)55-32-9-6-31(7-10-32)48-17-2-1-3-39(48)47-18-14-27(15-19-47)24-46-20-16-42(54,37(50)26-46)30-5-11-34-29(21-30)25-49(41(34)53)36-12-13-38(51)45-40(36)52/h1-5,8,11,21-22,27,31-32,36-37,50,54H,6-7,9-10,12-20,24-26H2,(H,45,51,52)/t31?,32?,36?,37-,42-/m0/s1. The normalized spacial score (nSPS) is 29.2. The van der Waals surface area contributed by atoms with Gasteiger partial charge in [-0.3, -0.25) is 19.7 Å². The lowest BCUT2D eigenvalue weighted by atomic mass is 9.80. The second-order valence-electron chi connectivity index (χ2n) is 16.1. The summed E-state index contributed by atoms with van der Waals surface area (Å²) in [5.41, 5.74) is 0.808. The number of hydrogen-bond donors (Lipinski definition) is 3. The van der Waals surface area contributed by atoms with Gasteiger partial charge in [0.2, 0.25) is 11.8 Å². The van der Waals surface area contributed by atoms with Crippen molar-refractivity contribution >= 4 is 29.3 Å². The van der Waals surface area contributed by atoms with Gasteiger partial charge in [0.05, 0.1) is 22.8 Å². The number of aliphatic hydroxyl groups is 2. The zero-order valence-electron chi connectivity index (χ0n) is 31.0. The smallest absolute Gasteiger partial charge is 0.255 e. The fraction of sp³-hybridized carbons (Fsp3) is 0.524. The molecule has 6 aliphatic rings. The van der Waals surface area contributed by atoms with E-state index in [2.05, 4.69) is 44.3 Å². The van der Waals surface area contributed by atoms with Crippen LogP contribution in [0.25, 0.3) is 0 Å². The Labute approximate surface area is 326 Å². The van der Waals surface area contributed by atoms with Crippen molar-refractivity contribution in [3.05, 3.63) is 87.7 Å². The minimum absolute atomic E-state index is 0.130. The number of ether oxygens (including phenoxy) is 1. The van der Waals surface area contributed by atoms with Gasteiger partial charge >= 0.3 is 0 Å². The third-order valence-electron chi connectivity index (χ3n) is 12.7. The molecule has 13 heteroatoms. The first kappa shape index (κ1) is 37.5. The molecule has 0 spiro atoms. The summed E-state index contributed by atoms with van der Waals surface area (Å²) in [7, 11) is 0. The molecule has 1 unspecified atom stereocenters. The topological polar surface area (TPSA) is 150 Å². The summed E-state index contributed by atoms with van der Waals surface area (Å²) in [4.78, 5) is 46.2. The molecule has 290 valence electrons. The largest absolute Gasteiger partial charge is 0.490 e. The molecule has 1 saturated carbocycles. The van der Waals surface area contributed by atoms with Gasteiger partial charge in [0.15, 0.2) is 0 Å². The van der Waals surface area contributed by atoms with E-state index in [-0.39, 0.29) is 30.9 Å². The summed E-state index contributed by atoms with van der Waals surface area (Å²) in [6, 6.07) is 12.3. The maximum atomic E-state index is 13.2. The summed E-state index contributed by atoms with van der Waals surface area (Å²) in [6.07, 6.45) is 12.8. The van der Waals surface area contributed by atoms with E-state index in [1.54, 1.807) is 30.3 Å². The quantitative estimate of drug-likeness (QED) is 0.336. The number of piperidine rings is 3. The molecular weight excluding hydrogens is 720 g/mol. The highest BCUT2D eigenvalue weighted by Crippen LogP contribution is 2.38. The second-order valence-corrected chi connectivity index (χ2v) is 16.5. The monoisotopic (exact) mass is 768 g/mol. The highest BCUT2D eigenvalue weighted by Gasteiger charge is 2.45. The predicted octanol–water partition coefficient (Wildman–Crippen LogP) is 4.04. The zero-order chi connectivity index (χ0) is 38.3. The van der Waals surface area contributed by atoms with Gasteiger partial charge in [0.25, 0.3) is 5.91 Å². The first-order valence-electron chi connectivity index (χ1n) is 19.7. The molecule has 1 aliphatic carbocycles. The van der Waals surface area contributed by atoms with Crippen LogP contribution in [0.1, 0.15) is 84.8 Å². The molecule has 3 atom stereocenters. The van der Waals surface area contributed by atoms with Gasteiger partial charge in [-0.25, -0.2) is 0 Å². The number of β-amino-alcohol motifs (C(OH)–C–C–N with tert-alkyl or cyclic N) is 1. The number of carbonyl (C=O) groups excluding carboxylic acids is 3. The number of amides is 3. The van der Waals surface area contributed by atoms with Crippen molar-refractivity contribution in [2.75, 3.05) is 39.3 Å². The van der Waals surface area contributed by atoms with Gasteiger partial charge in [-0.2, -0.15) is 5.26 Å². The number of likely N-dealkylation sites (tertiary alicyclic amines) is 2. The average molecular weight is 769 g/mol. The van der Waals surface area contributed by atoms with Crippen LogP contribution >= 0.6 is 11.6 Å². The number of aliphatic hydroxyl groups excluding tert-OH is 1. The fourth-order valence-electron chi connectivity index (χ4n) is 9.51. The number of nitriles is 1. The van der Waals surface area contributed by atoms with E-state index >= 15 is 0 Å². The first-order chi connectivity index (χ1) is 26.6. The van der Waals surface area contributed by atoms with Gasteiger partial charge in [0, 0.05) is 69.9 Å². The van der Waals surface area contributed by atoms with Crippen LogP contribution in [0, 0.1) is 17.2 Å². The van der Waals surface area contributed by atoms with Crippen molar-refractivity contribution in [3.63, 3.8) is 0 Å². The van der Waals surface area contributed by atoms with E-state index in [0.717, 1.165) is 70.3 Å². The SMILES string of the molecule is N#Cc1ccc(OC2CCC(N3CC=CC=C3N3CCC(CN4CC[C@](O)(c5ccc6c(c5)CN(C5CCC(=O)NC5=O)C6=O)[C@@H](O)C4)CC3)CC2)cc1Cl. The Morgan fingerprint density at radius 1 is 0.982 bits per heavy atom. The molecule has 55 heavy (non-hydrogen) atoms. The molecule has 8 rings (SSSR count). The van der Waals surface area contributed by atoms with Crippen molar-refractivity contribution in [3.8, 4) is 11.8 Å². The molecule has 3 N–H and O–H groups in total. The lowest BCUT2D eigenvalue weighted by molar-refractivity contribution is -0.136. The number of hydrogen-bond acceptors (Lipinski definition) is 10. The Bertz CT molecular complexity index is 1930. The highest BCUT2D eigenvalue weighted by molar-refractivity contribution is 6.31. The van der Waals surface area contributed by atoms with Crippen LogP contribution in [-0.2, 0) is 21.7 Å². The molecule has 2 aromatic rings.